The van der Waals surface area contributed by atoms with Crippen molar-refractivity contribution < 1.29 is 4.74 Å². The third kappa shape index (κ3) is 3.03. The van der Waals surface area contributed by atoms with Gasteiger partial charge in [0.2, 0.25) is 0 Å². The lowest BCUT2D eigenvalue weighted by molar-refractivity contribution is 0.0433. The number of benzene rings is 2. The van der Waals surface area contributed by atoms with Crippen molar-refractivity contribution in [1.82, 2.24) is 5.32 Å². The average molecular weight is 253 g/mol. The zero-order chi connectivity index (χ0) is 12.9. The minimum atomic E-state index is 0.266. The van der Waals surface area contributed by atoms with Gasteiger partial charge in [-0.15, -0.1) is 0 Å². The van der Waals surface area contributed by atoms with Gasteiger partial charge in [0.05, 0.1) is 12.7 Å². The molecule has 3 rings (SSSR count). The quantitative estimate of drug-likeness (QED) is 0.904. The summed E-state index contributed by atoms with van der Waals surface area (Å²) in [5, 5.41) is 3.43. The molecule has 2 atom stereocenters. The lowest BCUT2D eigenvalue weighted by Gasteiger charge is -2.19. The van der Waals surface area contributed by atoms with Gasteiger partial charge in [-0.1, -0.05) is 60.7 Å². The van der Waals surface area contributed by atoms with Gasteiger partial charge in [0.25, 0.3) is 0 Å². The molecular weight excluding hydrogens is 234 g/mol. The van der Waals surface area contributed by atoms with E-state index in [1.54, 1.807) is 0 Å². The summed E-state index contributed by atoms with van der Waals surface area (Å²) in [5.74, 6) is 0.463. The lowest BCUT2D eigenvalue weighted by Crippen LogP contribution is -2.21. The minimum absolute atomic E-state index is 0.266. The molecule has 1 N–H and O–H groups in total. The van der Waals surface area contributed by atoms with Gasteiger partial charge in [0.15, 0.2) is 0 Å². The average Bonchev–Trinajstić information content (AvgIpc) is 2.95. The summed E-state index contributed by atoms with van der Waals surface area (Å²) in [6.45, 7) is 2.63. The number of hydrogen-bond donors (Lipinski definition) is 1. The Labute approximate surface area is 114 Å². The molecule has 0 aromatic heterocycles. The molecule has 2 aromatic carbocycles. The SMILES string of the molecule is c1ccc(COC2CNCC2c2ccccc2)cc1. The Kier molecular flexibility index (Phi) is 3.92. The second kappa shape index (κ2) is 6.00. The van der Waals surface area contributed by atoms with Gasteiger partial charge in [0, 0.05) is 19.0 Å². The molecule has 2 aromatic rings. The van der Waals surface area contributed by atoms with Crippen LogP contribution in [0, 0.1) is 0 Å². The molecule has 0 radical (unpaired) electrons. The third-order valence-electron chi connectivity index (χ3n) is 3.69. The first-order chi connectivity index (χ1) is 9.43. The topological polar surface area (TPSA) is 21.3 Å². The first-order valence-corrected chi connectivity index (χ1v) is 6.84. The van der Waals surface area contributed by atoms with Crippen LogP contribution in [0.3, 0.4) is 0 Å². The van der Waals surface area contributed by atoms with Crippen LogP contribution in [-0.2, 0) is 11.3 Å². The van der Waals surface area contributed by atoms with E-state index in [9.17, 15) is 0 Å². The Morgan fingerprint density at radius 1 is 0.895 bits per heavy atom. The molecule has 0 spiro atoms. The maximum Gasteiger partial charge on any atom is 0.0784 e. The van der Waals surface area contributed by atoms with Crippen molar-refractivity contribution in [2.75, 3.05) is 13.1 Å². The Morgan fingerprint density at radius 3 is 2.32 bits per heavy atom. The van der Waals surface area contributed by atoms with Gasteiger partial charge in [-0.3, -0.25) is 0 Å². The smallest absolute Gasteiger partial charge is 0.0784 e. The Bertz CT molecular complexity index is 497. The summed E-state index contributed by atoms with van der Waals surface area (Å²) in [6, 6.07) is 21.0. The van der Waals surface area contributed by atoms with Crippen LogP contribution in [0.25, 0.3) is 0 Å². The van der Waals surface area contributed by atoms with Crippen LogP contribution in [0.4, 0.5) is 0 Å². The monoisotopic (exact) mass is 253 g/mol. The fourth-order valence-corrected chi connectivity index (χ4v) is 2.64. The van der Waals surface area contributed by atoms with Crippen LogP contribution < -0.4 is 5.32 Å². The van der Waals surface area contributed by atoms with Crippen molar-refractivity contribution in [2.24, 2.45) is 0 Å². The second-order valence-corrected chi connectivity index (χ2v) is 5.01. The van der Waals surface area contributed by atoms with Crippen LogP contribution in [0.15, 0.2) is 60.7 Å². The summed E-state index contributed by atoms with van der Waals surface area (Å²) >= 11 is 0. The Hall–Kier alpha value is -1.64. The predicted octanol–water partition coefficient (Wildman–Crippen LogP) is 2.96. The minimum Gasteiger partial charge on any atom is -0.372 e. The third-order valence-corrected chi connectivity index (χ3v) is 3.69. The van der Waals surface area contributed by atoms with Crippen molar-refractivity contribution in [1.29, 1.82) is 0 Å². The molecule has 1 saturated heterocycles. The molecule has 1 aliphatic rings. The van der Waals surface area contributed by atoms with Gasteiger partial charge in [0.1, 0.15) is 0 Å². The summed E-state index contributed by atoms with van der Waals surface area (Å²) in [7, 11) is 0. The van der Waals surface area contributed by atoms with Crippen molar-refractivity contribution in [3.05, 3.63) is 71.8 Å². The zero-order valence-electron chi connectivity index (χ0n) is 11.0. The number of nitrogens with one attached hydrogen (secondary N) is 1. The van der Waals surface area contributed by atoms with Gasteiger partial charge in [-0.2, -0.15) is 0 Å². The van der Waals surface area contributed by atoms with E-state index in [4.69, 9.17) is 4.74 Å². The molecule has 19 heavy (non-hydrogen) atoms. The van der Waals surface area contributed by atoms with Crippen molar-refractivity contribution in [3.63, 3.8) is 0 Å². The van der Waals surface area contributed by atoms with Crippen LogP contribution in [0.2, 0.25) is 0 Å². The predicted molar refractivity (Wildman–Crippen MR) is 77.1 cm³/mol. The number of hydrogen-bond acceptors (Lipinski definition) is 2. The van der Waals surface area contributed by atoms with Gasteiger partial charge >= 0.3 is 0 Å². The highest BCUT2D eigenvalue weighted by atomic mass is 16.5. The van der Waals surface area contributed by atoms with Gasteiger partial charge in [-0.25, -0.2) is 0 Å². The van der Waals surface area contributed by atoms with E-state index in [0.29, 0.717) is 12.5 Å². The van der Waals surface area contributed by atoms with Crippen molar-refractivity contribution in [3.8, 4) is 0 Å². The summed E-state index contributed by atoms with van der Waals surface area (Å²) < 4.78 is 6.09. The van der Waals surface area contributed by atoms with E-state index in [0.717, 1.165) is 13.1 Å². The van der Waals surface area contributed by atoms with E-state index < -0.39 is 0 Å². The maximum atomic E-state index is 6.09. The molecule has 98 valence electrons. The molecule has 0 aliphatic carbocycles. The molecule has 1 heterocycles. The van der Waals surface area contributed by atoms with E-state index in [2.05, 4.69) is 59.9 Å². The van der Waals surface area contributed by atoms with E-state index in [-0.39, 0.29) is 6.10 Å². The highest BCUT2D eigenvalue weighted by molar-refractivity contribution is 5.23. The number of rotatable bonds is 4. The van der Waals surface area contributed by atoms with Crippen LogP contribution in [0.1, 0.15) is 17.0 Å². The summed E-state index contributed by atoms with van der Waals surface area (Å²) in [5.41, 5.74) is 2.60. The largest absolute Gasteiger partial charge is 0.372 e. The number of ether oxygens (including phenoxy) is 1. The molecule has 2 heteroatoms. The zero-order valence-corrected chi connectivity index (χ0v) is 11.0. The molecular formula is C17H19NO. The fraction of sp³-hybridized carbons (Fsp3) is 0.294. The van der Waals surface area contributed by atoms with E-state index in [1.807, 2.05) is 6.07 Å². The normalized spacial score (nSPS) is 22.5. The van der Waals surface area contributed by atoms with Crippen LogP contribution in [0.5, 0.6) is 0 Å². The van der Waals surface area contributed by atoms with Gasteiger partial charge in [-0.05, 0) is 11.1 Å². The van der Waals surface area contributed by atoms with Crippen LogP contribution >= 0.6 is 0 Å². The summed E-state index contributed by atoms with van der Waals surface area (Å²) in [6.07, 6.45) is 0.266. The molecule has 1 fully saturated rings. The maximum absolute atomic E-state index is 6.09. The lowest BCUT2D eigenvalue weighted by atomic mass is 9.96. The Balaban J connectivity index is 1.64. The van der Waals surface area contributed by atoms with Gasteiger partial charge < -0.3 is 10.1 Å². The first kappa shape index (κ1) is 12.4. The Morgan fingerprint density at radius 2 is 1.58 bits per heavy atom. The van der Waals surface area contributed by atoms with Crippen molar-refractivity contribution >= 4 is 0 Å². The molecule has 0 saturated carbocycles. The molecule has 0 bridgehead atoms. The van der Waals surface area contributed by atoms with Crippen LogP contribution in [-0.4, -0.2) is 19.2 Å². The molecule has 0 amide bonds. The molecule has 2 nitrogen and oxygen atoms in total. The standard InChI is InChI=1S/C17H19NO/c1-3-7-14(8-4-1)13-19-17-12-18-11-16(17)15-9-5-2-6-10-15/h1-10,16-18H,11-13H2. The van der Waals surface area contributed by atoms with E-state index >= 15 is 0 Å². The highest BCUT2D eigenvalue weighted by Crippen LogP contribution is 2.25. The molecule has 2 unspecified atom stereocenters. The van der Waals surface area contributed by atoms with Crippen molar-refractivity contribution in [2.45, 2.75) is 18.6 Å². The fourth-order valence-electron chi connectivity index (χ4n) is 2.64. The summed E-state index contributed by atoms with van der Waals surface area (Å²) in [4.78, 5) is 0. The molecule has 1 aliphatic heterocycles. The highest BCUT2D eigenvalue weighted by Gasteiger charge is 2.28. The second-order valence-electron chi connectivity index (χ2n) is 5.01. The first-order valence-electron chi connectivity index (χ1n) is 6.84. The van der Waals surface area contributed by atoms with E-state index in [1.165, 1.54) is 11.1 Å².